The zero-order valence-electron chi connectivity index (χ0n) is 30.6. The first kappa shape index (κ1) is 35.6. The van der Waals surface area contributed by atoms with Gasteiger partial charge in [-0.15, -0.1) is 0 Å². The molecule has 0 aliphatic carbocycles. The first-order valence-corrected chi connectivity index (χ1v) is 18.1. The Morgan fingerprint density at radius 1 is 0.607 bits per heavy atom. The quantitative estimate of drug-likeness (QED) is 0.0730. The maximum Gasteiger partial charge on any atom is 0.255 e. The minimum absolute atomic E-state index is 0.0138. The highest BCUT2D eigenvalue weighted by molar-refractivity contribution is 6.08. The van der Waals surface area contributed by atoms with Crippen molar-refractivity contribution >= 4 is 50.7 Å². The number of para-hydroxylation sites is 2. The number of methoxy groups -OCH3 is 1. The highest BCUT2D eigenvalue weighted by Gasteiger charge is 2.14. The minimum Gasteiger partial charge on any atom is -0.506 e. The average molecular weight is 742 g/mol. The van der Waals surface area contributed by atoms with E-state index in [1.807, 2.05) is 109 Å². The van der Waals surface area contributed by atoms with Gasteiger partial charge in [-0.3, -0.25) is 9.59 Å². The molecule has 0 radical (unpaired) electrons. The van der Waals surface area contributed by atoms with Gasteiger partial charge < -0.3 is 40.1 Å². The zero-order chi connectivity index (χ0) is 38.6. The molecule has 8 rings (SSSR count). The Morgan fingerprint density at radius 3 is 1.70 bits per heavy atom. The predicted octanol–water partition coefficient (Wildman–Crippen LogP) is 9.07. The number of carbonyl (C=O) groups is 2. The smallest absolute Gasteiger partial charge is 0.255 e. The summed E-state index contributed by atoms with van der Waals surface area (Å²) in [5, 5.41) is 17.9. The Morgan fingerprint density at radius 2 is 1.14 bits per heavy atom. The summed E-state index contributed by atoms with van der Waals surface area (Å²) in [7, 11) is 1.65. The number of nitrogens with one attached hydrogen (secondary N) is 2. The molecule has 0 unspecified atom stereocenters. The Labute approximate surface area is 323 Å². The molecule has 0 fully saturated rings. The van der Waals surface area contributed by atoms with Crippen molar-refractivity contribution in [3.63, 3.8) is 0 Å². The maximum atomic E-state index is 13.3. The third kappa shape index (κ3) is 7.76. The molecule has 6 aromatic carbocycles. The van der Waals surface area contributed by atoms with Gasteiger partial charge in [0, 0.05) is 47.6 Å². The van der Waals surface area contributed by atoms with E-state index < -0.39 is 0 Å². The zero-order valence-corrected chi connectivity index (χ0v) is 30.6. The van der Waals surface area contributed by atoms with Crippen LogP contribution in [0, 0.1) is 0 Å². The SMILES string of the molecule is COc1ccc(Cn2ccc3ccc(C(=O)Nc4ccc(COc5ccc(Cn6ccc7ccc(C(=O)Nc8ccccc8O)cc76)cc5)cc4N)cc32)cc1. The van der Waals surface area contributed by atoms with E-state index in [0.29, 0.717) is 53.6 Å². The lowest BCUT2D eigenvalue weighted by atomic mass is 10.1. The number of phenols is 1. The first-order chi connectivity index (χ1) is 27.3. The van der Waals surface area contributed by atoms with E-state index in [4.69, 9.17) is 15.2 Å². The van der Waals surface area contributed by atoms with Gasteiger partial charge >= 0.3 is 0 Å². The summed E-state index contributed by atoms with van der Waals surface area (Å²) in [6.45, 7) is 1.56. The highest BCUT2D eigenvalue weighted by atomic mass is 16.5. The van der Waals surface area contributed by atoms with Crippen molar-refractivity contribution in [1.82, 2.24) is 9.13 Å². The number of phenolic OH excluding ortho intramolecular Hbond substituents is 1. The second-order valence-corrected chi connectivity index (χ2v) is 13.6. The van der Waals surface area contributed by atoms with Crippen LogP contribution in [0.25, 0.3) is 21.8 Å². The molecular weight excluding hydrogens is 703 g/mol. The Hall–Kier alpha value is -7.46. The fraction of sp³-hybridized carbons (Fsp3) is 0.0870. The molecule has 0 aliphatic heterocycles. The topological polar surface area (TPSA) is 133 Å². The van der Waals surface area contributed by atoms with Crippen LogP contribution in [0.1, 0.15) is 37.4 Å². The standard InChI is InChI=1S/C46H39N5O5/c1-55-37-15-6-30(7-16-37)27-50-22-20-33-11-13-35(25-42(33)50)45(53)48-40-19-10-32(24-39(40)47)29-56-38-17-8-31(9-18-38)28-51-23-21-34-12-14-36(26-43(34)51)46(54)49-41-4-2-3-5-44(41)52/h2-26,52H,27-29,47H2,1H3,(H,48,53)(H,49,54). The van der Waals surface area contributed by atoms with Crippen LogP contribution in [-0.4, -0.2) is 33.2 Å². The number of carbonyl (C=O) groups excluding carboxylic acids is 2. The summed E-state index contributed by atoms with van der Waals surface area (Å²) in [5.74, 6) is 0.981. The number of nitrogen functional groups attached to an aromatic ring is 1. The second kappa shape index (κ2) is 15.5. The largest absolute Gasteiger partial charge is 0.506 e. The molecular formula is C46H39N5O5. The summed E-state index contributed by atoms with van der Waals surface area (Å²) in [4.78, 5) is 26.3. The van der Waals surface area contributed by atoms with Gasteiger partial charge in [-0.05, 0) is 112 Å². The van der Waals surface area contributed by atoms with Crippen molar-refractivity contribution in [1.29, 1.82) is 0 Å². The molecule has 0 saturated heterocycles. The van der Waals surface area contributed by atoms with E-state index >= 15 is 0 Å². The third-order valence-corrected chi connectivity index (χ3v) is 9.78. The Bertz CT molecular complexity index is 2700. The van der Waals surface area contributed by atoms with E-state index in [9.17, 15) is 14.7 Å². The summed E-state index contributed by atoms with van der Waals surface area (Å²) < 4.78 is 15.6. The Balaban J connectivity index is 0.871. The van der Waals surface area contributed by atoms with Crippen molar-refractivity contribution in [2.24, 2.45) is 0 Å². The summed E-state index contributed by atoms with van der Waals surface area (Å²) in [6.07, 6.45) is 4.02. The van der Waals surface area contributed by atoms with Gasteiger partial charge in [0.25, 0.3) is 11.8 Å². The number of aromatic nitrogens is 2. The van der Waals surface area contributed by atoms with Gasteiger partial charge in [-0.1, -0.05) is 54.6 Å². The van der Waals surface area contributed by atoms with E-state index in [-0.39, 0.29) is 17.6 Å². The first-order valence-electron chi connectivity index (χ1n) is 18.1. The lowest BCUT2D eigenvalue weighted by molar-refractivity contribution is 0.101. The van der Waals surface area contributed by atoms with Crippen LogP contribution >= 0.6 is 0 Å². The monoisotopic (exact) mass is 741 g/mol. The number of hydrogen-bond donors (Lipinski definition) is 4. The summed E-state index contributed by atoms with van der Waals surface area (Å²) >= 11 is 0. The fourth-order valence-corrected chi connectivity index (χ4v) is 6.69. The molecule has 10 nitrogen and oxygen atoms in total. The predicted molar refractivity (Wildman–Crippen MR) is 221 cm³/mol. The fourth-order valence-electron chi connectivity index (χ4n) is 6.69. The van der Waals surface area contributed by atoms with Gasteiger partial charge in [0.1, 0.15) is 23.9 Å². The van der Waals surface area contributed by atoms with Crippen molar-refractivity contribution in [3.8, 4) is 17.2 Å². The molecule has 2 aromatic heterocycles. The van der Waals surface area contributed by atoms with Crippen molar-refractivity contribution in [3.05, 3.63) is 180 Å². The molecule has 8 aromatic rings. The van der Waals surface area contributed by atoms with Gasteiger partial charge in [-0.25, -0.2) is 0 Å². The third-order valence-electron chi connectivity index (χ3n) is 9.78. The van der Waals surface area contributed by atoms with Gasteiger partial charge in [-0.2, -0.15) is 0 Å². The number of ether oxygens (including phenoxy) is 2. The van der Waals surface area contributed by atoms with Gasteiger partial charge in [0.2, 0.25) is 0 Å². The molecule has 2 amide bonds. The molecule has 278 valence electrons. The molecule has 0 saturated carbocycles. The van der Waals surface area contributed by atoms with Crippen LogP contribution in [-0.2, 0) is 19.7 Å². The van der Waals surface area contributed by atoms with E-state index in [0.717, 1.165) is 44.2 Å². The van der Waals surface area contributed by atoms with Crippen LogP contribution in [0.5, 0.6) is 17.2 Å². The number of rotatable bonds is 12. The lowest BCUT2D eigenvalue weighted by Crippen LogP contribution is -2.13. The molecule has 0 atom stereocenters. The van der Waals surface area contributed by atoms with Crippen LogP contribution < -0.4 is 25.8 Å². The van der Waals surface area contributed by atoms with Crippen molar-refractivity contribution in [2.45, 2.75) is 19.7 Å². The summed E-state index contributed by atoms with van der Waals surface area (Å²) in [6, 6.07) is 43.2. The molecule has 0 bridgehead atoms. The Kier molecular flexibility index (Phi) is 9.84. The number of nitrogens with zero attached hydrogens (tertiary/aromatic N) is 2. The van der Waals surface area contributed by atoms with Crippen LogP contribution in [0.4, 0.5) is 17.1 Å². The number of amides is 2. The molecule has 0 spiro atoms. The normalized spacial score (nSPS) is 11.1. The number of aromatic hydroxyl groups is 1. The second-order valence-electron chi connectivity index (χ2n) is 13.6. The molecule has 5 N–H and O–H groups in total. The van der Waals surface area contributed by atoms with E-state index in [1.165, 1.54) is 6.07 Å². The van der Waals surface area contributed by atoms with Gasteiger partial charge in [0.15, 0.2) is 0 Å². The van der Waals surface area contributed by atoms with Crippen LogP contribution in [0.3, 0.4) is 0 Å². The average Bonchev–Trinajstić information content (AvgIpc) is 3.82. The molecule has 2 heterocycles. The van der Waals surface area contributed by atoms with E-state index in [2.05, 4.69) is 19.8 Å². The van der Waals surface area contributed by atoms with Crippen LogP contribution in [0.2, 0.25) is 0 Å². The minimum atomic E-state index is -0.300. The van der Waals surface area contributed by atoms with Crippen molar-refractivity contribution in [2.75, 3.05) is 23.5 Å². The highest BCUT2D eigenvalue weighted by Crippen LogP contribution is 2.27. The van der Waals surface area contributed by atoms with E-state index in [1.54, 1.807) is 43.5 Å². The molecule has 56 heavy (non-hydrogen) atoms. The molecule has 0 aliphatic rings. The maximum absolute atomic E-state index is 13.3. The number of fused-ring (bicyclic) bond motifs is 2. The number of benzene rings is 6. The summed E-state index contributed by atoms with van der Waals surface area (Å²) in [5.41, 5.74) is 13.7. The lowest BCUT2D eigenvalue weighted by Gasteiger charge is -2.12. The van der Waals surface area contributed by atoms with Crippen LogP contribution in [0.15, 0.2) is 152 Å². The van der Waals surface area contributed by atoms with Crippen molar-refractivity contribution < 1.29 is 24.2 Å². The molecule has 10 heteroatoms. The van der Waals surface area contributed by atoms with Gasteiger partial charge in [0.05, 0.1) is 24.2 Å². The number of nitrogens with two attached hydrogens (primary N) is 1. The number of hydrogen-bond acceptors (Lipinski definition) is 6. The number of anilines is 3.